The number of hydrogen-bond acceptors (Lipinski definition) is 7. The van der Waals surface area contributed by atoms with E-state index in [1.54, 1.807) is 39.0 Å². The van der Waals surface area contributed by atoms with Crippen molar-refractivity contribution in [2.24, 2.45) is 5.10 Å². The Hall–Kier alpha value is -3.27. The smallest absolute Gasteiger partial charge is 0.315 e. The summed E-state index contributed by atoms with van der Waals surface area (Å²) in [5.41, 5.74) is 0.422. The van der Waals surface area contributed by atoms with E-state index in [0.717, 1.165) is 10.9 Å². The minimum atomic E-state index is -0.526. The van der Waals surface area contributed by atoms with Gasteiger partial charge in [-0.3, -0.25) is 14.9 Å². The second-order valence-corrected chi connectivity index (χ2v) is 8.44. The average Bonchev–Trinajstić information content (AvgIpc) is 2.75. The molecule has 0 radical (unpaired) electrons. The number of fused-ring (bicyclic) bond motifs is 1. The van der Waals surface area contributed by atoms with E-state index >= 15 is 0 Å². The Balaban J connectivity index is 2.16. The molecule has 33 heavy (non-hydrogen) atoms. The molecule has 0 aliphatic carbocycles. The summed E-state index contributed by atoms with van der Waals surface area (Å²) in [5, 5.41) is 16.5. The second-order valence-electron chi connectivity index (χ2n) is 7.53. The molecule has 0 saturated heterocycles. The molecule has 1 heterocycles. The van der Waals surface area contributed by atoms with Crippen molar-refractivity contribution in [3.05, 3.63) is 66.7 Å². The number of benzene rings is 2. The average molecular weight is 517 g/mol. The van der Waals surface area contributed by atoms with Crippen molar-refractivity contribution in [1.29, 1.82) is 0 Å². The number of aromatic nitrogens is 2. The summed E-state index contributed by atoms with van der Waals surface area (Å²) in [5.74, 6) is 0.812. The summed E-state index contributed by atoms with van der Waals surface area (Å²) in [4.78, 5) is 28.9. The van der Waals surface area contributed by atoms with E-state index in [1.807, 2.05) is 13.0 Å². The molecule has 10 heteroatoms. The normalized spacial score (nSPS) is 11.5. The summed E-state index contributed by atoms with van der Waals surface area (Å²) >= 11 is 3.38. The highest BCUT2D eigenvalue weighted by atomic mass is 79.9. The van der Waals surface area contributed by atoms with Crippen LogP contribution < -0.4 is 15.0 Å². The summed E-state index contributed by atoms with van der Waals surface area (Å²) in [6, 6.07) is 8.25. The van der Waals surface area contributed by atoms with Gasteiger partial charge in [0.25, 0.3) is 5.56 Å². The predicted octanol–water partition coefficient (Wildman–Crippen LogP) is 5.09. The molecule has 9 nitrogen and oxygen atoms in total. The SMILES string of the molecule is CCCc1nc2ccc(Br)cc2c(=O)n1N=Cc1cc(OCC)c(OC(C)C)c([N+](=O)[O-])c1. The van der Waals surface area contributed by atoms with E-state index < -0.39 is 4.92 Å². The van der Waals surface area contributed by atoms with Crippen LogP contribution in [0.4, 0.5) is 5.69 Å². The van der Waals surface area contributed by atoms with Gasteiger partial charge in [0.05, 0.1) is 34.8 Å². The minimum absolute atomic E-state index is 0.0649. The zero-order valence-electron chi connectivity index (χ0n) is 18.9. The van der Waals surface area contributed by atoms with Gasteiger partial charge in [-0.15, -0.1) is 0 Å². The number of nitrogens with zero attached hydrogens (tertiary/aromatic N) is 4. The van der Waals surface area contributed by atoms with Crippen molar-refractivity contribution < 1.29 is 14.4 Å². The van der Waals surface area contributed by atoms with E-state index in [1.165, 1.54) is 17.0 Å². The Kier molecular flexibility index (Phi) is 7.80. The van der Waals surface area contributed by atoms with Crippen LogP contribution in [0.1, 0.15) is 45.5 Å². The number of halogens is 1. The van der Waals surface area contributed by atoms with Crippen LogP contribution in [0.15, 0.2) is 44.7 Å². The first-order chi connectivity index (χ1) is 15.7. The van der Waals surface area contributed by atoms with Crippen molar-refractivity contribution in [3.63, 3.8) is 0 Å². The van der Waals surface area contributed by atoms with Crippen LogP contribution in [0.3, 0.4) is 0 Å². The van der Waals surface area contributed by atoms with E-state index in [-0.39, 0.29) is 28.8 Å². The molecule has 174 valence electrons. The zero-order chi connectivity index (χ0) is 24.1. The van der Waals surface area contributed by atoms with Gasteiger partial charge in [0.2, 0.25) is 5.75 Å². The molecule has 0 N–H and O–H groups in total. The van der Waals surface area contributed by atoms with Crippen molar-refractivity contribution in [1.82, 2.24) is 9.66 Å². The van der Waals surface area contributed by atoms with Crippen LogP contribution in [0.2, 0.25) is 0 Å². The van der Waals surface area contributed by atoms with Crippen LogP contribution in [0.5, 0.6) is 11.5 Å². The molecule has 0 amide bonds. The van der Waals surface area contributed by atoms with Gasteiger partial charge in [-0.2, -0.15) is 9.78 Å². The number of hydrogen-bond donors (Lipinski definition) is 0. The van der Waals surface area contributed by atoms with Crippen molar-refractivity contribution >= 4 is 38.7 Å². The number of ether oxygens (including phenoxy) is 2. The Labute approximate surface area is 199 Å². The molecule has 0 saturated carbocycles. The zero-order valence-corrected chi connectivity index (χ0v) is 20.5. The molecule has 2 aromatic carbocycles. The van der Waals surface area contributed by atoms with Gasteiger partial charge in [0, 0.05) is 22.5 Å². The third-order valence-electron chi connectivity index (χ3n) is 4.58. The molecule has 0 atom stereocenters. The molecule has 0 aliphatic heterocycles. The first kappa shape index (κ1) is 24.4. The molecule has 3 rings (SSSR count). The molecule has 0 unspecified atom stereocenters. The highest BCUT2D eigenvalue weighted by Gasteiger charge is 2.23. The summed E-state index contributed by atoms with van der Waals surface area (Å²) in [6.07, 6.45) is 2.43. The van der Waals surface area contributed by atoms with E-state index in [0.29, 0.717) is 35.3 Å². The van der Waals surface area contributed by atoms with Crippen molar-refractivity contribution in [2.45, 2.75) is 46.6 Å². The van der Waals surface area contributed by atoms with Gasteiger partial charge < -0.3 is 9.47 Å². The maximum absolute atomic E-state index is 13.2. The van der Waals surface area contributed by atoms with Crippen LogP contribution in [-0.4, -0.2) is 33.5 Å². The van der Waals surface area contributed by atoms with Crippen LogP contribution >= 0.6 is 15.9 Å². The Morgan fingerprint density at radius 3 is 2.67 bits per heavy atom. The number of aryl methyl sites for hydroxylation is 1. The Morgan fingerprint density at radius 1 is 1.27 bits per heavy atom. The van der Waals surface area contributed by atoms with Crippen LogP contribution in [-0.2, 0) is 6.42 Å². The van der Waals surface area contributed by atoms with Crippen molar-refractivity contribution in [3.8, 4) is 11.5 Å². The third-order valence-corrected chi connectivity index (χ3v) is 5.07. The van der Waals surface area contributed by atoms with Crippen LogP contribution in [0.25, 0.3) is 10.9 Å². The lowest BCUT2D eigenvalue weighted by Crippen LogP contribution is -2.22. The lowest BCUT2D eigenvalue weighted by molar-refractivity contribution is -0.386. The molecule has 1 aromatic heterocycles. The van der Waals surface area contributed by atoms with Crippen molar-refractivity contribution in [2.75, 3.05) is 6.61 Å². The fraction of sp³-hybridized carbons (Fsp3) is 0.348. The monoisotopic (exact) mass is 516 g/mol. The molecule has 3 aromatic rings. The van der Waals surface area contributed by atoms with Gasteiger partial charge in [0.1, 0.15) is 5.82 Å². The lowest BCUT2D eigenvalue weighted by Gasteiger charge is -2.15. The molecule has 0 fully saturated rings. The summed E-state index contributed by atoms with van der Waals surface area (Å²) < 4.78 is 13.3. The fourth-order valence-electron chi connectivity index (χ4n) is 3.26. The molecule has 0 bridgehead atoms. The van der Waals surface area contributed by atoms with Gasteiger partial charge in [-0.05, 0) is 51.5 Å². The highest BCUT2D eigenvalue weighted by Crippen LogP contribution is 2.39. The highest BCUT2D eigenvalue weighted by molar-refractivity contribution is 9.10. The second kappa shape index (κ2) is 10.6. The molecule has 0 spiro atoms. The Morgan fingerprint density at radius 2 is 2.03 bits per heavy atom. The van der Waals surface area contributed by atoms with E-state index in [9.17, 15) is 14.9 Å². The predicted molar refractivity (Wildman–Crippen MR) is 131 cm³/mol. The maximum Gasteiger partial charge on any atom is 0.315 e. The third kappa shape index (κ3) is 5.57. The van der Waals surface area contributed by atoms with Gasteiger partial charge in [-0.25, -0.2) is 4.98 Å². The first-order valence-electron chi connectivity index (χ1n) is 10.6. The number of nitro benzene ring substituents is 1. The standard InChI is InChI=1S/C23H25BrN4O5/c1-5-7-21-26-18-9-8-16(24)12-17(18)23(29)27(21)25-13-15-10-19(28(30)31)22(33-14(3)4)20(11-15)32-6-2/h8-14H,5-7H2,1-4H3. The quantitative estimate of drug-likeness (QED) is 0.222. The van der Waals surface area contributed by atoms with Gasteiger partial charge in [0.15, 0.2) is 5.75 Å². The van der Waals surface area contributed by atoms with E-state index in [4.69, 9.17) is 9.47 Å². The lowest BCUT2D eigenvalue weighted by atomic mass is 10.1. The minimum Gasteiger partial charge on any atom is -0.490 e. The maximum atomic E-state index is 13.2. The number of nitro groups is 1. The number of rotatable bonds is 9. The first-order valence-corrected chi connectivity index (χ1v) is 11.4. The largest absolute Gasteiger partial charge is 0.490 e. The summed E-state index contributed by atoms with van der Waals surface area (Å²) in [7, 11) is 0. The van der Waals surface area contributed by atoms with Gasteiger partial charge >= 0.3 is 5.69 Å². The summed E-state index contributed by atoms with van der Waals surface area (Å²) in [6.45, 7) is 7.62. The topological polar surface area (TPSA) is 109 Å². The Bertz CT molecular complexity index is 1270. The van der Waals surface area contributed by atoms with E-state index in [2.05, 4.69) is 26.0 Å². The molecular weight excluding hydrogens is 492 g/mol. The fourth-order valence-corrected chi connectivity index (χ4v) is 3.62. The molecular formula is C23H25BrN4O5. The molecule has 0 aliphatic rings. The van der Waals surface area contributed by atoms with Gasteiger partial charge in [-0.1, -0.05) is 22.9 Å². The van der Waals surface area contributed by atoms with Crippen LogP contribution in [0, 0.1) is 10.1 Å².